The van der Waals surface area contributed by atoms with Gasteiger partial charge in [0.15, 0.2) is 0 Å². The molecule has 3 heterocycles. The van der Waals surface area contributed by atoms with Crippen LogP contribution in [0.1, 0.15) is 16.1 Å². The summed E-state index contributed by atoms with van der Waals surface area (Å²) in [5.41, 5.74) is 7.92. The number of nitrogen functional groups attached to an aromatic ring is 1. The van der Waals surface area contributed by atoms with Crippen molar-refractivity contribution in [2.45, 2.75) is 20.4 Å². The van der Waals surface area contributed by atoms with E-state index in [1.54, 1.807) is 11.3 Å². The fraction of sp³-hybridized carbons (Fsp3) is 0.308. The van der Waals surface area contributed by atoms with Gasteiger partial charge in [-0.05, 0) is 19.9 Å². The molecule has 0 aliphatic heterocycles. The van der Waals surface area contributed by atoms with Crippen molar-refractivity contribution < 1.29 is 0 Å². The Hall–Kier alpha value is -2.15. The van der Waals surface area contributed by atoms with Gasteiger partial charge in [-0.1, -0.05) is 0 Å². The second-order valence-electron chi connectivity index (χ2n) is 4.77. The highest BCUT2D eigenvalue weighted by atomic mass is 32.1. The Labute approximate surface area is 120 Å². The second-order valence-corrected chi connectivity index (χ2v) is 6.01. The van der Waals surface area contributed by atoms with E-state index in [4.69, 9.17) is 5.73 Å². The molecule has 0 amide bonds. The molecule has 7 heteroatoms. The van der Waals surface area contributed by atoms with Gasteiger partial charge in [0.1, 0.15) is 10.6 Å². The van der Waals surface area contributed by atoms with Crippen LogP contribution in [0, 0.1) is 13.8 Å². The lowest BCUT2D eigenvalue weighted by Crippen LogP contribution is -2.05. The van der Waals surface area contributed by atoms with E-state index in [9.17, 15) is 0 Å². The van der Waals surface area contributed by atoms with Crippen LogP contribution in [0.5, 0.6) is 0 Å². The number of aromatic nitrogens is 4. The zero-order valence-corrected chi connectivity index (χ0v) is 12.5. The van der Waals surface area contributed by atoms with Gasteiger partial charge in [-0.2, -0.15) is 10.1 Å². The normalized spacial score (nSPS) is 11.2. The molecule has 0 saturated heterocycles. The molecule has 0 spiro atoms. The summed E-state index contributed by atoms with van der Waals surface area (Å²) in [6, 6.07) is 2.08. The SMILES string of the molecule is Cc1cc2c(NCc3cn(C)nc3C)nc(N)nc2s1. The van der Waals surface area contributed by atoms with Gasteiger partial charge in [-0.3, -0.25) is 4.68 Å². The van der Waals surface area contributed by atoms with E-state index in [0.29, 0.717) is 12.5 Å². The van der Waals surface area contributed by atoms with Gasteiger partial charge in [-0.25, -0.2) is 4.98 Å². The van der Waals surface area contributed by atoms with Crippen LogP contribution in [0.3, 0.4) is 0 Å². The first kappa shape index (κ1) is 12.9. The molecule has 0 aliphatic rings. The van der Waals surface area contributed by atoms with Crippen molar-refractivity contribution in [2.24, 2.45) is 7.05 Å². The molecule has 104 valence electrons. The third kappa shape index (κ3) is 2.32. The second kappa shape index (κ2) is 4.75. The number of nitrogens with zero attached hydrogens (tertiary/aromatic N) is 4. The molecule has 0 aliphatic carbocycles. The summed E-state index contributed by atoms with van der Waals surface area (Å²) in [5.74, 6) is 1.07. The van der Waals surface area contributed by atoms with Crippen molar-refractivity contribution >= 4 is 33.3 Å². The number of fused-ring (bicyclic) bond motifs is 1. The molecule has 0 bridgehead atoms. The average Bonchev–Trinajstić information content (AvgIpc) is 2.88. The van der Waals surface area contributed by atoms with E-state index >= 15 is 0 Å². The summed E-state index contributed by atoms with van der Waals surface area (Å²) in [6.07, 6.45) is 2.00. The zero-order valence-electron chi connectivity index (χ0n) is 11.6. The van der Waals surface area contributed by atoms with Crippen LogP contribution in [0.2, 0.25) is 0 Å². The van der Waals surface area contributed by atoms with Gasteiger partial charge in [0, 0.05) is 30.2 Å². The molecule has 0 unspecified atom stereocenters. The van der Waals surface area contributed by atoms with Crippen LogP contribution in [0.4, 0.5) is 11.8 Å². The standard InChI is InChI=1S/C13H16N6S/c1-7-4-10-11(16-13(14)17-12(10)20-7)15-5-9-6-19(3)18-8(9)2/h4,6H,5H2,1-3H3,(H3,14,15,16,17). The maximum Gasteiger partial charge on any atom is 0.223 e. The van der Waals surface area contributed by atoms with Crippen molar-refractivity contribution in [1.82, 2.24) is 19.7 Å². The summed E-state index contributed by atoms with van der Waals surface area (Å²) in [7, 11) is 1.92. The highest BCUT2D eigenvalue weighted by molar-refractivity contribution is 7.18. The molecule has 3 aromatic heterocycles. The van der Waals surface area contributed by atoms with Crippen LogP contribution < -0.4 is 11.1 Å². The minimum Gasteiger partial charge on any atom is -0.368 e. The molecule has 0 radical (unpaired) electrons. The fourth-order valence-corrected chi connectivity index (χ4v) is 3.08. The first-order valence-electron chi connectivity index (χ1n) is 6.29. The van der Waals surface area contributed by atoms with E-state index in [1.165, 1.54) is 4.88 Å². The number of aryl methyl sites for hydroxylation is 3. The summed E-state index contributed by atoms with van der Waals surface area (Å²) < 4.78 is 1.81. The molecule has 0 saturated carbocycles. The monoisotopic (exact) mass is 288 g/mol. The van der Waals surface area contributed by atoms with Crippen molar-refractivity contribution in [2.75, 3.05) is 11.1 Å². The third-order valence-corrected chi connectivity index (χ3v) is 4.04. The van der Waals surface area contributed by atoms with Crippen molar-refractivity contribution in [3.8, 4) is 0 Å². The Morgan fingerprint density at radius 3 is 2.85 bits per heavy atom. The molecule has 20 heavy (non-hydrogen) atoms. The summed E-state index contributed by atoms with van der Waals surface area (Å²) in [4.78, 5) is 10.7. The summed E-state index contributed by atoms with van der Waals surface area (Å²) in [5, 5.41) is 8.68. The van der Waals surface area contributed by atoms with Crippen LogP contribution in [0.25, 0.3) is 10.2 Å². The maximum atomic E-state index is 5.76. The lowest BCUT2D eigenvalue weighted by Gasteiger charge is -2.06. The lowest BCUT2D eigenvalue weighted by atomic mass is 10.2. The smallest absolute Gasteiger partial charge is 0.223 e. The van der Waals surface area contributed by atoms with Gasteiger partial charge in [0.2, 0.25) is 5.95 Å². The molecule has 3 aromatic rings. The molecule has 3 N–H and O–H groups in total. The number of thiophene rings is 1. The molecule has 0 aromatic carbocycles. The Balaban J connectivity index is 1.92. The predicted molar refractivity (Wildman–Crippen MR) is 81.8 cm³/mol. The van der Waals surface area contributed by atoms with Crippen LogP contribution in [-0.4, -0.2) is 19.7 Å². The van der Waals surface area contributed by atoms with E-state index in [0.717, 1.165) is 27.3 Å². The van der Waals surface area contributed by atoms with Crippen LogP contribution in [-0.2, 0) is 13.6 Å². The fourth-order valence-electron chi connectivity index (χ4n) is 2.19. The minimum absolute atomic E-state index is 0.296. The maximum absolute atomic E-state index is 5.76. The van der Waals surface area contributed by atoms with Crippen molar-refractivity contribution in [1.29, 1.82) is 0 Å². The van der Waals surface area contributed by atoms with E-state index in [1.807, 2.05) is 24.9 Å². The van der Waals surface area contributed by atoms with Crippen molar-refractivity contribution in [3.05, 3.63) is 28.4 Å². The van der Waals surface area contributed by atoms with Gasteiger partial charge < -0.3 is 11.1 Å². The van der Waals surface area contributed by atoms with E-state index in [-0.39, 0.29) is 0 Å². The molecular formula is C13H16N6S. The largest absolute Gasteiger partial charge is 0.368 e. The van der Waals surface area contributed by atoms with Gasteiger partial charge in [0.25, 0.3) is 0 Å². The molecule has 6 nitrogen and oxygen atoms in total. The number of hydrogen-bond acceptors (Lipinski definition) is 6. The molecular weight excluding hydrogens is 272 g/mol. The third-order valence-electron chi connectivity index (χ3n) is 3.09. The highest BCUT2D eigenvalue weighted by Gasteiger charge is 2.10. The Bertz CT molecular complexity index is 773. The van der Waals surface area contributed by atoms with Gasteiger partial charge in [0.05, 0.1) is 11.1 Å². The molecule has 0 fully saturated rings. The predicted octanol–water partition coefficient (Wildman–Crippen LogP) is 2.24. The quantitative estimate of drug-likeness (QED) is 0.772. The zero-order chi connectivity index (χ0) is 14.3. The Morgan fingerprint density at radius 1 is 1.35 bits per heavy atom. The van der Waals surface area contributed by atoms with E-state index < -0.39 is 0 Å². The van der Waals surface area contributed by atoms with Crippen LogP contribution >= 0.6 is 11.3 Å². The first-order chi connectivity index (χ1) is 9.52. The number of nitrogens with one attached hydrogen (secondary N) is 1. The number of anilines is 2. The summed E-state index contributed by atoms with van der Waals surface area (Å²) in [6.45, 7) is 4.72. The number of nitrogens with two attached hydrogens (primary N) is 1. The number of hydrogen-bond donors (Lipinski definition) is 2. The molecule has 3 rings (SSSR count). The lowest BCUT2D eigenvalue weighted by molar-refractivity contribution is 0.756. The molecule has 0 atom stereocenters. The minimum atomic E-state index is 0.296. The average molecular weight is 288 g/mol. The van der Waals surface area contributed by atoms with Gasteiger partial charge in [-0.15, -0.1) is 11.3 Å². The van der Waals surface area contributed by atoms with E-state index in [2.05, 4.69) is 33.4 Å². The first-order valence-corrected chi connectivity index (χ1v) is 7.11. The topological polar surface area (TPSA) is 81.7 Å². The van der Waals surface area contributed by atoms with Crippen molar-refractivity contribution in [3.63, 3.8) is 0 Å². The Morgan fingerprint density at radius 2 is 2.15 bits per heavy atom. The number of rotatable bonds is 3. The summed E-state index contributed by atoms with van der Waals surface area (Å²) >= 11 is 1.62. The van der Waals surface area contributed by atoms with Crippen LogP contribution in [0.15, 0.2) is 12.3 Å². The Kier molecular flexibility index (Phi) is 3.06. The van der Waals surface area contributed by atoms with Gasteiger partial charge >= 0.3 is 0 Å². The highest BCUT2D eigenvalue weighted by Crippen LogP contribution is 2.29.